The molecule has 0 atom stereocenters. The molecule has 14 heteroatoms. The number of nitrogens with zero attached hydrogens (tertiary/aromatic N) is 2. The number of thiazole rings is 1. The van der Waals surface area contributed by atoms with Crippen LogP contribution in [0.4, 0.5) is 5.69 Å². The molecular formula is C41H31Cl2N2O6S4-. The van der Waals surface area contributed by atoms with Crippen LogP contribution in [-0.2, 0) is 38.9 Å². The zero-order valence-corrected chi connectivity index (χ0v) is 33.7. The van der Waals surface area contributed by atoms with Gasteiger partial charge in [-0.2, -0.15) is 8.90 Å². The number of rotatable bonds is 13. The molecule has 0 amide bonds. The molecule has 1 aliphatic heterocycles. The van der Waals surface area contributed by atoms with Crippen molar-refractivity contribution >= 4 is 112 Å². The number of hydrogen-bond acceptors (Lipinski definition) is 10. The predicted octanol–water partition coefficient (Wildman–Crippen LogP) is 10.1. The maximum atomic E-state index is 11.8. The van der Waals surface area contributed by atoms with Gasteiger partial charge in [0.05, 0.1) is 33.7 Å². The van der Waals surface area contributed by atoms with Crippen LogP contribution >= 0.6 is 58.3 Å². The van der Waals surface area contributed by atoms with Gasteiger partial charge in [-0.15, -0.1) is 0 Å². The minimum Gasteiger partial charge on any atom is -0.744 e. The van der Waals surface area contributed by atoms with Gasteiger partial charge in [0.15, 0.2) is 6.54 Å². The Bertz CT molecular complexity index is 2720. The van der Waals surface area contributed by atoms with E-state index in [1.807, 2.05) is 60.7 Å². The summed E-state index contributed by atoms with van der Waals surface area (Å²) in [5.41, 5.74) is 4.29. The Morgan fingerprint density at radius 1 is 0.818 bits per heavy atom. The second-order valence-corrected chi connectivity index (χ2v) is 18.2. The molecule has 0 saturated carbocycles. The molecular weight excluding hydrogens is 816 g/mol. The predicted molar refractivity (Wildman–Crippen MR) is 220 cm³/mol. The van der Waals surface area contributed by atoms with Gasteiger partial charge in [-0.1, -0.05) is 94.8 Å². The molecule has 7 aromatic rings. The van der Waals surface area contributed by atoms with Crippen LogP contribution in [0.1, 0.15) is 29.0 Å². The van der Waals surface area contributed by atoms with Gasteiger partial charge in [-0.3, -0.25) is 5.04 Å². The van der Waals surface area contributed by atoms with Gasteiger partial charge in [0.25, 0.3) is 5.01 Å². The van der Waals surface area contributed by atoms with E-state index in [4.69, 9.17) is 23.2 Å². The average molecular weight is 847 g/mol. The normalized spacial score (nSPS) is 13.8. The van der Waals surface area contributed by atoms with Crippen LogP contribution < -0.4 is 14.7 Å². The van der Waals surface area contributed by atoms with Crippen molar-refractivity contribution in [1.29, 1.82) is 0 Å². The molecule has 280 valence electrons. The van der Waals surface area contributed by atoms with Gasteiger partial charge in [-0.05, 0) is 107 Å². The van der Waals surface area contributed by atoms with Gasteiger partial charge in [0, 0.05) is 38.9 Å². The molecule has 55 heavy (non-hydrogen) atoms. The van der Waals surface area contributed by atoms with Crippen LogP contribution in [0.25, 0.3) is 37.8 Å². The lowest BCUT2D eigenvalue weighted by Crippen LogP contribution is -2.35. The SMILES string of the molecule is O=S(=O)([O-])c1ccc2cccc(CCCN3C(=Cc4sc5ccc(Cl)cc5[n+]4CCCc4cccc5ccc(SOO[O-])cc45)Sc4ccc(Cl)cc43)c2c1. The highest BCUT2D eigenvalue weighted by Gasteiger charge is 2.28. The summed E-state index contributed by atoms with van der Waals surface area (Å²) < 4.78 is 43.5. The highest BCUT2D eigenvalue weighted by molar-refractivity contribution is 8.04. The first kappa shape index (κ1) is 38.2. The Morgan fingerprint density at radius 2 is 1.53 bits per heavy atom. The first-order chi connectivity index (χ1) is 26.6. The molecule has 8 nitrogen and oxygen atoms in total. The summed E-state index contributed by atoms with van der Waals surface area (Å²) in [4.78, 5) is 3.97. The molecule has 0 aliphatic carbocycles. The number of anilines is 1. The Morgan fingerprint density at radius 3 is 2.29 bits per heavy atom. The fourth-order valence-corrected chi connectivity index (χ4v) is 10.6. The molecule has 1 aliphatic rings. The number of benzene rings is 6. The molecule has 1 aromatic heterocycles. The number of halogens is 2. The Hall–Kier alpha value is -3.66. The third-order valence-corrected chi connectivity index (χ3v) is 13.7. The quantitative estimate of drug-likeness (QED) is 0.0369. The fraction of sp³-hybridized carbons (Fsp3) is 0.146. The summed E-state index contributed by atoms with van der Waals surface area (Å²) >= 11 is 17.4. The Labute approximate surface area is 340 Å². The van der Waals surface area contributed by atoms with Crippen molar-refractivity contribution in [2.24, 2.45) is 0 Å². The van der Waals surface area contributed by atoms with Gasteiger partial charge in [-0.25, -0.2) is 8.42 Å². The molecule has 0 N–H and O–H groups in total. The number of hydrogen-bond donors (Lipinski definition) is 0. The van der Waals surface area contributed by atoms with Crippen molar-refractivity contribution in [1.82, 2.24) is 0 Å². The lowest BCUT2D eigenvalue weighted by atomic mass is 10.0. The number of aryl methyl sites for hydroxylation is 3. The summed E-state index contributed by atoms with van der Waals surface area (Å²) in [6, 6.07) is 34.6. The smallest absolute Gasteiger partial charge is 0.265 e. The lowest BCUT2D eigenvalue weighted by Gasteiger charge is -2.20. The first-order valence-electron chi connectivity index (χ1n) is 17.4. The van der Waals surface area contributed by atoms with Crippen LogP contribution in [0, 0.1) is 0 Å². The monoisotopic (exact) mass is 845 g/mol. The summed E-state index contributed by atoms with van der Waals surface area (Å²) in [6.07, 6.45) is 5.38. The zero-order chi connectivity index (χ0) is 38.1. The van der Waals surface area contributed by atoms with Crippen LogP contribution in [-0.4, -0.2) is 19.5 Å². The van der Waals surface area contributed by atoms with Crippen LogP contribution in [0.3, 0.4) is 0 Å². The van der Waals surface area contributed by atoms with Crippen LogP contribution in [0.5, 0.6) is 0 Å². The maximum Gasteiger partial charge on any atom is 0.265 e. The van der Waals surface area contributed by atoms with Crippen molar-refractivity contribution in [2.75, 3.05) is 11.4 Å². The summed E-state index contributed by atoms with van der Waals surface area (Å²) in [5, 5.41) is 21.3. The number of fused-ring (bicyclic) bond motifs is 4. The lowest BCUT2D eigenvalue weighted by molar-refractivity contribution is -0.777. The van der Waals surface area contributed by atoms with Crippen molar-refractivity contribution in [2.45, 2.75) is 46.9 Å². The van der Waals surface area contributed by atoms with E-state index < -0.39 is 10.1 Å². The van der Waals surface area contributed by atoms with Gasteiger partial charge < -0.3 is 14.7 Å². The zero-order valence-electron chi connectivity index (χ0n) is 28.9. The third-order valence-electron chi connectivity index (χ3n) is 9.62. The van der Waals surface area contributed by atoms with E-state index in [1.54, 1.807) is 29.2 Å². The average Bonchev–Trinajstić information content (AvgIpc) is 3.69. The molecule has 0 unspecified atom stereocenters. The van der Waals surface area contributed by atoms with Crippen LogP contribution in [0.15, 0.2) is 129 Å². The Balaban J connectivity index is 1.08. The largest absolute Gasteiger partial charge is 0.744 e. The molecule has 6 aromatic carbocycles. The van der Waals surface area contributed by atoms with Gasteiger partial charge in [0.1, 0.15) is 14.8 Å². The molecule has 2 heterocycles. The van der Waals surface area contributed by atoms with Crippen molar-refractivity contribution < 1.29 is 32.2 Å². The molecule has 0 saturated heterocycles. The van der Waals surface area contributed by atoms with E-state index in [0.717, 1.165) is 101 Å². The molecule has 0 fully saturated rings. The summed E-state index contributed by atoms with van der Waals surface area (Å²) in [7, 11) is -4.58. The van der Waals surface area contributed by atoms with E-state index in [1.165, 1.54) is 17.7 Å². The third kappa shape index (κ3) is 8.40. The van der Waals surface area contributed by atoms with E-state index >= 15 is 0 Å². The van der Waals surface area contributed by atoms with Gasteiger partial charge >= 0.3 is 0 Å². The maximum absolute atomic E-state index is 11.8. The van der Waals surface area contributed by atoms with Gasteiger partial charge in [0.2, 0.25) is 5.52 Å². The summed E-state index contributed by atoms with van der Waals surface area (Å²) in [6.45, 7) is 1.44. The van der Waals surface area contributed by atoms with Crippen molar-refractivity contribution in [3.8, 4) is 0 Å². The summed E-state index contributed by atoms with van der Waals surface area (Å²) in [5.74, 6) is 0. The second kappa shape index (κ2) is 16.4. The Kier molecular flexibility index (Phi) is 11.4. The van der Waals surface area contributed by atoms with E-state index in [-0.39, 0.29) is 4.90 Å². The van der Waals surface area contributed by atoms with E-state index in [9.17, 15) is 18.2 Å². The van der Waals surface area contributed by atoms with Crippen molar-refractivity contribution in [3.63, 3.8) is 0 Å². The molecule has 0 radical (unpaired) electrons. The first-order valence-corrected chi connectivity index (χ1v) is 21.9. The number of thioether (sulfide) groups is 1. The minimum atomic E-state index is -4.58. The second-order valence-electron chi connectivity index (χ2n) is 13.0. The minimum absolute atomic E-state index is 0.224. The van der Waals surface area contributed by atoms with Crippen molar-refractivity contribution in [3.05, 3.63) is 140 Å². The molecule has 8 rings (SSSR count). The van der Waals surface area contributed by atoms with Crippen LogP contribution in [0.2, 0.25) is 10.0 Å². The molecule has 0 bridgehead atoms. The van der Waals surface area contributed by atoms with E-state index in [2.05, 4.69) is 55.2 Å². The fourth-order valence-electron chi connectivity index (χ4n) is 7.11. The highest BCUT2D eigenvalue weighted by atomic mass is 35.5. The standard InChI is InChI=1S/C41H32Cl2N2O6S4/c42-30-13-17-38-36(21-30)44(19-3-9-26-5-1-7-28-11-15-32(23-34(26)28)54-51-50-46)40(52-38)25-41-45(37-22-31(43)14-18-39(37)53-41)20-4-10-27-6-2-8-29-12-16-33(24-35(27)29)55(47,48)49/h1-2,5-8,11-18,21-25H,3-4,9-10,19-20H2,(H-,46,47,48,49)/p-1. The number of aromatic nitrogens is 1. The van der Waals surface area contributed by atoms with E-state index in [0.29, 0.717) is 23.0 Å². The highest BCUT2D eigenvalue weighted by Crippen LogP contribution is 2.48. The topological polar surface area (TPSA) is 106 Å². The molecule has 0 spiro atoms.